The summed E-state index contributed by atoms with van der Waals surface area (Å²) in [6.45, 7) is 11.7. The van der Waals surface area contributed by atoms with Crippen molar-refractivity contribution >= 4 is 11.9 Å². The topological polar surface area (TPSA) is 198 Å². The molecule has 5 unspecified atom stereocenters. The van der Waals surface area contributed by atoms with Crippen LogP contribution < -0.4 is 11.1 Å². The molecular formula is C26H54N4O10. The molecule has 0 aliphatic carbocycles. The van der Waals surface area contributed by atoms with Crippen molar-refractivity contribution in [1.29, 1.82) is 5.41 Å². The van der Waals surface area contributed by atoms with Gasteiger partial charge in [0.05, 0.1) is 77.3 Å². The van der Waals surface area contributed by atoms with Crippen molar-refractivity contribution in [3.8, 4) is 0 Å². The zero-order valence-corrected chi connectivity index (χ0v) is 24.7. The van der Waals surface area contributed by atoms with E-state index in [1.807, 2.05) is 27.7 Å². The van der Waals surface area contributed by atoms with Crippen molar-refractivity contribution in [2.45, 2.75) is 71.0 Å². The molecule has 0 aromatic heterocycles. The number of carboxylic acid groups (broad SMARTS) is 1. The Morgan fingerprint density at radius 1 is 0.875 bits per heavy atom. The Balaban J connectivity index is 4.19. The minimum atomic E-state index is -1.05. The van der Waals surface area contributed by atoms with Gasteiger partial charge in [0.15, 0.2) is 5.96 Å². The van der Waals surface area contributed by atoms with Crippen molar-refractivity contribution in [3.63, 3.8) is 0 Å². The maximum atomic E-state index is 11.6. The number of nitrogens with two attached hydrogens (primary N) is 1. The third-order valence-electron chi connectivity index (χ3n) is 5.58. The third kappa shape index (κ3) is 22.1. The number of hydrogen-bond donors (Lipinski definition) is 6. The minimum absolute atomic E-state index is 0.0407. The molecule has 0 aliphatic heterocycles. The van der Waals surface area contributed by atoms with E-state index in [1.165, 1.54) is 4.90 Å². The first-order valence-electron chi connectivity index (χ1n) is 14.1. The molecule has 14 nitrogen and oxygen atoms in total. The molecular weight excluding hydrogens is 528 g/mol. The standard InChI is InChI=1S/C26H54N4O10/c1-5-35-16-20(3)39-12-10-37-18-22(31)14-29-24(25(33)34)8-7-9-30(26(27)28)15-23(32)19-38-11-13-40-21(4)17-36-6-2/h20-24,29,31-32H,5-19H2,1-4H3,(H3,27,28)(H,33,34). The molecule has 0 amide bonds. The number of ether oxygens (including phenoxy) is 6. The van der Waals surface area contributed by atoms with E-state index in [1.54, 1.807) is 0 Å². The van der Waals surface area contributed by atoms with Crippen LogP contribution in [-0.4, -0.2) is 148 Å². The Labute approximate surface area is 238 Å². The fourth-order valence-corrected chi connectivity index (χ4v) is 3.47. The molecule has 0 saturated carbocycles. The highest BCUT2D eigenvalue weighted by Crippen LogP contribution is 2.03. The van der Waals surface area contributed by atoms with E-state index >= 15 is 0 Å². The number of hydrogen-bond acceptors (Lipinski definition) is 11. The Morgan fingerprint density at radius 2 is 1.40 bits per heavy atom. The van der Waals surface area contributed by atoms with Gasteiger partial charge >= 0.3 is 5.97 Å². The normalized spacial score (nSPS) is 15.3. The van der Waals surface area contributed by atoms with Crippen LogP contribution in [0.1, 0.15) is 40.5 Å². The molecule has 0 aliphatic rings. The lowest BCUT2D eigenvalue weighted by Gasteiger charge is -2.26. The molecule has 0 spiro atoms. The Morgan fingerprint density at radius 3 is 1.88 bits per heavy atom. The quantitative estimate of drug-likeness (QED) is 0.0398. The van der Waals surface area contributed by atoms with Gasteiger partial charge in [-0.05, 0) is 40.5 Å². The van der Waals surface area contributed by atoms with Crippen molar-refractivity contribution in [2.24, 2.45) is 5.73 Å². The number of guanidine groups is 1. The van der Waals surface area contributed by atoms with Gasteiger partial charge < -0.3 is 59.7 Å². The second-order valence-electron chi connectivity index (χ2n) is 9.41. The van der Waals surface area contributed by atoms with Gasteiger partial charge in [-0.15, -0.1) is 0 Å². The average molecular weight is 583 g/mol. The molecule has 238 valence electrons. The average Bonchev–Trinajstić information content (AvgIpc) is 2.91. The van der Waals surface area contributed by atoms with Gasteiger partial charge in [-0.25, -0.2) is 0 Å². The van der Waals surface area contributed by atoms with Crippen LogP contribution in [0, 0.1) is 5.41 Å². The maximum Gasteiger partial charge on any atom is 0.320 e. The van der Waals surface area contributed by atoms with Gasteiger partial charge in [0.2, 0.25) is 0 Å². The highest BCUT2D eigenvalue weighted by Gasteiger charge is 2.20. The summed E-state index contributed by atoms with van der Waals surface area (Å²) in [6, 6.07) is -0.899. The van der Waals surface area contributed by atoms with Crippen LogP contribution in [0.4, 0.5) is 0 Å². The Bertz CT molecular complexity index is 634. The number of aliphatic hydroxyl groups excluding tert-OH is 2. The predicted molar refractivity (Wildman–Crippen MR) is 150 cm³/mol. The van der Waals surface area contributed by atoms with Gasteiger partial charge in [-0.1, -0.05) is 0 Å². The summed E-state index contributed by atoms with van der Waals surface area (Å²) in [6.07, 6.45) is -1.23. The first-order valence-corrected chi connectivity index (χ1v) is 14.1. The monoisotopic (exact) mass is 582 g/mol. The van der Waals surface area contributed by atoms with E-state index in [9.17, 15) is 20.1 Å². The molecule has 0 aromatic rings. The smallest absolute Gasteiger partial charge is 0.320 e. The third-order valence-corrected chi connectivity index (χ3v) is 5.58. The number of aliphatic hydroxyl groups is 2. The molecule has 0 bridgehead atoms. The first-order chi connectivity index (χ1) is 19.1. The van der Waals surface area contributed by atoms with E-state index in [2.05, 4.69) is 5.32 Å². The van der Waals surface area contributed by atoms with Gasteiger partial charge in [-0.2, -0.15) is 0 Å². The SMILES string of the molecule is CCOCC(C)OCCOCC(O)CNC(CCCN(CC(O)COCCOC(C)COCC)C(=N)N)C(=O)O. The van der Waals surface area contributed by atoms with Crippen LogP contribution in [-0.2, 0) is 33.2 Å². The molecule has 5 atom stereocenters. The van der Waals surface area contributed by atoms with Gasteiger partial charge in [0.25, 0.3) is 0 Å². The Hall–Kier alpha value is -1.62. The lowest BCUT2D eigenvalue weighted by molar-refractivity contribution is -0.139. The lowest BCUT2D eigenvalue weighted by Crippen LogP contribution is -2.45. The van der Waals surface area contributed by atoms with Crippen LogP contribution >= 0.6 is 0 Å². The number of aliphatic carboxylic acids is 1. The highest BCUT2D eigenvalue weighted by molar-refractivity contribution is 5.74. The highest BCUT2D eigenvalue weighted by atomic mass is 16.6. The summed E-state index contributed by atoms with van der Waals surface area (Å²) >= 11 is 0. The number of nitrogens with zero attached hydrogens (tertiary/aromatic N) is 1. The maximum absolute atomic E-state index is 11.6. The molecule has 0 saturated heterocycles. The minimum Gasteiger partial charge on any atom is -0.480 e. The van der Waals surface area contributed by atoms with Crippen LogP contribution in [0.2, 0.25) is 0 Å². The van der Waals surface area contributed by atoms with Gasteiger partial charge in [0.1, 0.15) is 6.04 Å². The number of carbonyl (C=O) groups is 1. The summed E-state index contributed by atoms with van der Waals surface area (Å²) in [5.74, 6) is -1.28. The van der Waals surface area contributed by atoms with Crippen molar-refractivity contribution < 1.29 is 48.5 Å². The van der Waals surface area contributed by atoms with Crippen LogP contribution in [0.3, 0.4) is 0 Å². The molecule has 40 heavy (non-hydrogen) atoms. The second-order valence-corrected chi connectivity index (χ2v) is 9.41. The number of rotatable bonds is 28. The van der Waals surface area contributed by atoms with Crippen molar-refractivity contribution in [3.05, 3.63) is 0 Å². The number of carboxylic acids is 1. The molecule has 0 rings (SSSR count). The van der Waals surface area contributed by atoms with Crippen LogP contribution in [0.25, 0.3) is 0 Å². The van der Waals surface area contributed by atoms with E-state index in [0.29, 0.717) is 59.3 Å². The molecule has 0 radical (unpaired) electrons. The predicted octanol–water partition coefficient (Wildman–Crippen LogP) is -0.357. The van der Waals surface area contributed by atoms with Crippen LogP contribution in [0.15, 0.2) is 0 Å². The van der Waals surface area contributed by atoms with E-state index in [0.717, 1.165) is 0 Å². The zero-order chi connectivity index (χ0) is 30.2. The van der Waals surface area contributed by atoms with Gasteiger partial charge in [-0.3, -0.25) is 10.2 Å². The molecule has 7 N–H and O–H groups in total. The Kier molecular flexibility index (Phi) is 24.1. The summed E-state index contributed by atoms with van der Waals surface area (Å²) in [5, 5.41) is 40.5. The molecule has 14 heteroatoms. The zero-order valence-electron chi connectivity index (χ0n) is 24.7. The second kappa shape index (κ2) is 25.1. The fraction of sp³-hybridized carbons (Fsp3) is 0.923. The van der Waals surface area contributed by atoms with Crippen molar-refractivity contribution in [1.82, 2.24) is 10.2 Å². The van der Waals surface area contributed by atoms with E-state index in [4.69, 9.17) is 39.6 Å². The largest absolute Gasteiger partial charge is 0.480 e. The summed E-state index contributed by atoms with van der Waals surface area (Å²) in [7, 11) is 0. The molecule has 0 aromatic carbocycles. The molecule has 0 fully saturated rings. The van der Waals surface area contributed by atoms with E-state index in [-0.39, 0.29) is 57.4 Å². The summed E-state index contributed by atoms with van der Waals surface area (Å²) < 4.78 is 32.4. The lowest BCUT2D eigenvalue weighted by atomic mass is 10.1. The summed E-state index contributed by atoms with van der Waals surface area (Å²) in [5.41, 5.74) is 5.65. The van der Waals surface area contributed by atoms with Crippen molar-refractivity contribution in [2.75, 3.05) is 85.7 Å². The van der Waals surface area contributed by atoms with E-state index < -0.39 is 24.2 Å². The summed E-state index contributed by atoms with van der Waals surface area (Å²) in [4.78, 5) is 13.1. The first kappa shape index (κ1) is 38.4. The molecule has 0 heterocycles. The fourth-order valence-electron chi connectivity index (χ4n) is 3.47. The van der Waals surface area contributed by atoms with Gasteiger partial charge in [0, 0.05) is 32.8 Å². The number of nitrogens with one attached hydrogen (secondary N) is 2. The van der Waals surface area contributed by atoms with Crippen LogP contribution in [0.5, 0.6) is 0 Å².